The van der Waals surface area contributed by atoms with E-state index in [1.54, 1.807) is 18.5 Å². The van der Waals surface area contributed by atoms with E-state index in [9.17, 15) is 4.79 Å². The minimum Gasteiger partial charge on any atom is -0.347 e. The van der Waals surface area contributed by atoms with Crippen molar-refractivity contribution in [1.82, 2.24) is 10.3 Å². The summed E-state index contributed by atoms with van der Waals surface area (Å²) in [7, 11) is 0. The molecule has 4 nitrogen and oxygen atoms in total. The minimum atomic E-state index is -0.283. The zero-order chi connectivity index (χ0) is 16.1. The second-order valence-corrected chi connectivity index (χ2v) is 7.04. The molecule has 0 bridgehead atoms. The smallest absolute Gasteiger partial charge is 0.253 e. The predicted octanol–water partition coefficient (Wildman–Crippen LogP) is 2.34. The second-order valence-electron chi connectivity index (χ2n) is 7.04. The Morgan fingerprint density at radius 2 is 1.95 bits per heavy atom. The highest BCUT2D eigenvalue weighted by molar-refractivity contribution is 5.94. The van der Waals surface area contributed by atoms with Gasteiger partial charge in [-0.05, 0) is 31.7 Å². The Balaban J connectivity index is 2.84. The molecule has 0 unspecified atom stereocenters. The fourth-order valence-corrected chi connectivity index (χ4v) is 2.54. The van der Waals surface area contributed by atoms with E-state index in [1.807, 2.05) is 13.8 Å². The van der Waals surface area contributed by atoms with E-state index in [2.05, 4.69) is 42.9 Å². The lowest BCUT2D eigenvalue weighted by Crippen LogP contribution is -2.45. The number of amides is 1. The molecule has 4 heteroatoms. The molecule has 0 fully saturated rings. The molecule has 0 atom stereocenters. The molecule has 3 N–H and O–H groups in total. The van der Waals surface area contributed by atoms with Crippen LogP contribution >= 0.6 is 0 Å². The number of nitrogens with one attached hydrogen (secondary N) is 1. The third-order valence-corrected chi connectivity index (χ3v) is 2.76. The van der Waals surface area contributed by atoms with E-state index in [4.69, 9.17) is 5.73 Å². The second kappa shape index (κ2) is 6.73. The summed E-state index contributed by atoms with van der Waals surface area (Å²) in [5, 5.41) is 3.06. The lowest BCUT2D eigenvalue weighted by molar-refractivity contribution is 0.0891. The normalized spacial score (nSPS) is 11.5. The largest absolute Gasteiger partial charge is 0.347 e. The van der Waals surface area contributed by atoms with E-state index in [0.717, 1.165) is 6.42 Å². The first kappa shape index (κ1) is 17.2. The monoisotopic (exact) mass is 287 g/mol. The van der Waals surface area contributed by atoms with Crippen molar-refractivity contribution >= 4 is 5.91 Å². The molecule has 0 aliphatic heterocycles. The van der Waals surface area contributed by atoms with Crippen LogP contribution in [0.2, 0.25) is 0 Å². The standard InChI is InChI=1S/C17H25N3O/c1-16(2,3)12-17(4,5)20-15(21)14-9-13(7-6-8-18)10-19-11-14/h9-11H,8,12,18H2,1-5H3,(H,20,21). The van der Waals surface area contributed by atoms with Crippen molar-refractivity contribution in [3.8, 4) is 11.8 Å². The van der Waals surface area contributed by atoms with Gasteiger partial charge in [0.1, 0.15) is 0 Å². The Morgan fingerprint density at radius 3 is 2.52 bits per heavy atom. The Hall–Kier alpha value is -1.86. The molecule has 0 aromatic carbocycles. The van der Waals surface area contributed by atoms with Gasteiger partial charge in [-0.25, -0.2) is 0 Å². The quantitative estimate of drug-likeness (QED) is 0.838. The highest BCUT2D eigenvalue weighted by Gasteiger charge is 2.27. The van der Waals surface area contributed by atoms with Crippen LogP contribution in [0.1, 0.15) is 57.0 Å². The summed E-state index contributed by atoms with van der Waals surface area (Å²) in [5.41, 5.74) is 6.41. The summed E-state index contributed by atoms with van der Waals surface area (Å²) in [6.45, 7) is 10.8. The van der Waals surface area contributed by atoms with E-state index in [-0.39, 0.29) is 23.4 Å². The molecular weight excluding hydrogens is 262 g/mol. The van der Waals surface area contributed by atoms with Crippen molar-refractivity contribution in [2.24, 2.45) is 11.1 Å². The first-order valence-corrected chi connectivity index (χ1v) is 7.09. The van der Waals surface area contributed by atoms with Crippen LogP contribution < -0.4 is 11.1 Å². The summed E-state index contributed by atoms with van der Waals surface area (Å²) in [5.74, 6) is 5.51. The predicted molar refractivity (Wildman–Crippen MR) is 85.8 cm³/mol. The number of pyridine rings is 1. The van der Waals surface area contributed by atoms with E-state index in [1.165, 1.54) is 0 Å². The van der Waals surface area contributed by atoms with Crippen molar-refractivity contribution in [1.29, 1.82) is 0 Å². The average molecular weight is 287 g/mol. The SMILES string of the molecule is CC(C)(C)CC(C)(C)NC(=O)c1cncc(C#CCN)c1. The summed E-state index contributed by atoms with van der Waals surface area (Å²) in [4.78, 5) is 16.4. The maximum atomic E-state index is 12.3. The first-order chi connectivity index (χ1) is 9.63. The van der Waals surface area contributed by atoms with Crippen molar-refractivity contribution in [3.63, 3.8) is 0 Å². The Kier molecular flexibility index (Phi) is 5.51. The average Bonchev–Trinajstić information content (AvgIpc) is 2.33. The third-order valence-electron chi connectivity index (χ3n) is 2.76. The van der Waals surface area contributed by atoms with Gasteiger partial charge in [0, 0.05) is 23.5 Å². The van der Waals surface area contributed by atoms with Crippen LogP contribution in [0.4, 0.5) is 0 Å². The van der Waals surface area contributed by atoms with Gasteiger partial charge < -0.3 is 11.1 Å². The fraction of sp³-hybridized carbons (Fsp3) is 0.529. The number of aromatic nitrogens is 1. The van der Waals surface area contributed by atoms with Gasteiger partial charge in [-0.1, -0.05) is 32.6 Å². The number of hydrogen-bond acceptors (Lipinski definition) is 3. The van der Waals surface area contributed by atoms with Crippen molar-refractivity contribution < 1.29 is 4.79 Å². The summed E-state index contributed by atoms with van der Waals surface area (Å²) in [6, 6.07) is 1.73. The number of nitrogens with zero attached hydrogens (tertiary/aromatic N) is 1. The summed E-state index contributed by atoms with van der Waals surface area (Å²) >= 11 is 0. The van der Waals surface area contributed by atoms with E-state index in [0.29, 0.717) is 11.1 Å². The zero-order valence-electron chi connectivity index (χ0n) is 13.6. The number of rotatable bonds is 3. The van der Waals surface area contributed by atoms with Crippen LogP contribution in [-0.4, -0.2) is 23.0 Å². The van der Waals surface area contributed by atoms with Crippen LogP contribution in [0, 0.1) is 17.3 Å². The van der Waals surface area contributed by atoms with Gasteiger partial charge in [0.2, 0.25) is 0 Å². The maximum Gasteiger partial charge on any atom is 0.253 e. The van der Waals surface area contributed by atoms with Gasteiger partial charge in [0.25, 0.3) is 5.91 Å². The lowest BCUT2D eigenvalue weighted by Gasteiger charge is -2.33. The van der Waals surface area contributed by atoms with E-state index < -0.39 is 0 Å². The molecular formula is C17H25N3O. The fourth-order valence-electron chi connectivity index (χ4n) is 2.54. The van der Waals surface area contributed by atoms with Crippen LogP contribution in [0.5, 0.6) is 0 Å². The Labute approximate surface area is 127 Å². The molecule has 0 aliphatic carbocycles. The molecule has 114 valence electrons. The van der Waals surface area contributed by atoms with Gasteiger partial charge in [-0.3, -0.25) is 9.78 Å². The van der Waals surface area contributed by atoms with Gasteiger partial charge in [0.15, 0.2) is 0 Å². The highest BCUT2D eigenvalue weighted by Crippen LogP contribution is 2.27. The van der Waals surface area contributed by atoms with Crippen LogP contribution in [0.15, 0.2) is 18.5 Å². The number of hydrogen-bond donors (Lipinski definition) is 2. The molecule has 0 radical (unpaired) electrons. The maximum absolute atomic E-state index is 12.3. The Bertz CT molecular complexity index is 559. The van der Waals surface area contributed by atoms with Crippen molar-refractivity contribution in [2.45, 2.75) is 46.6 Å². The highest BCUT2D eigenvalue weighted by atomic mass is 16.1. The number of nitrogens with two attached hydrogens (primary N) is 1. The number of carbonyl (C=O) groups excluding carboxylic acids is 1. The Morgan fingerprint density at radius 1 is 1.29 bits per heavy atom. The van der Waals surface area contributed by atoms with Gasteiger partial charge in [0.05, 0.1) is 12.1 Å². The molecule has 1 amide bonds. The van der Waals surface area contributed by atoms with Crippen molar-refractivity contribution in [2.75, 3.05) is 6.54 Å². The zero-order valence-corrected chi connectivity index (χ0v) is 13.6. The first-order valence-electron chi connectivity index (χ1n) is 7.09. The van der Waals surface area contributed by atoms with Gasteiger partial charge in [-0.15, -0.1) is 0 Å². The molecule has 0 aliphatic rings. The molecule has 0 saturated heterocycles. The summed E-state index contributed by atoms with van der Waals surface area (Å²) < 4.78 is 0. The molecule has 1 aromatic rings. The van der Waals surface area contributed by atoms with E-state index >= 15 is 0 Å². The molecule has 1 heterocycles. The molecule has 0 saturated carbocycles. The third kappa shape index (κ3) is 6.42. The number of carbonyl (C=O) groups is 1. The molecule has 21 heavy (non-hydrogen) atoms. The van der Waals surface area contributed by atoms with Crippen LogP contribution in [0.25, 0.3) is 0 Å². The molecule has 1 rings (SSSR count). The van der Waals surface area contributed by atoms with Crippen LogP contribution in [-0.2, 0) is 0 Å². The summed E-state index contributed by atoms with van der Waals surface area (Å²) in [6.07, 6.45) is 4.06. The molecule has 1 aromatic heterocycles. The van der Waals surface area contributed by atoms with Crippen LogP contribution in [0.3, 0.4) is 0 Å². The van der Waals surface area contributed by atoms with Gasteiger partial charge in [-0.2, -0.15) is 0 Å². The topological polar surface area (TPSA) is 68.0 Å². The van der Waals surface area contributed by atoms with Gasteiger partial charge >= 0.3 is 0 Å². The minimum absolute atomic E-state index is 0.131. The lowest BCUT2D eigenvalue weighted by atomic mass is 9.81. The van der Waals surface area contributed by atoms with Crippen molar-refractivity contribution in [3.05, 3.63) is 29.6 Å². The molecule has 0 spiro atoms.